The number of nitrogens with one attached hydrogen (secondary N) is 1. The van der Waals surface area contributed by atoms with Gasteiger partial charge in [-0.1, -0.05) is 39.7 Å². The predicted molar refractivity (Wildman–Crippen MR) is 81.1 cm³/mol. The van der Waals surface area contributed by atoms with E-state index in [-0.39, 0.29) is 4.90 Å². The fourth-order valence-corrected chi connectivity index (χ4v) is 3.31. The zero-order valence-electron chi connectivity index (χ0n) is 10.0. The fourth-order valence-electron chi connectivity index (χ4n) is 1.57. The predicted octanol–water partition coefficient (Wildman–Crippen LogP) is 4.21. The molecule has 0 amide bonds. The molecule has 3 nitrogen and oxygen atoms in total. The molecule has 1 N–H and O–H groups in total. The van der Waals surface area contributed by atoms with E-state index < -0.39 is 10.0 Å². The second kappa shape index (κ2) is 5.53. The van der Waals surface area contributed by atoms with Gasteiger partial charge in [0.25, 0.3) is 10.0 Å². The van der Waals surface area contributed by atoms with Crippen molar-refractivity contribution < 1.29 is 8.42 Å². The average Bonchev–Trinajstić information content (AvgIpc) is 2.35. The first-order valence-electron chi connectivity index (χ1n) is 5.43. The van der Waals surface area contributed by atoms with Crippen LogP contribution in [0, 0.1) is 6.92 Å². The highest BCUT2D eigenvalue weighted by Crippen LogP contribution is 2.28. The number of benzene rings is 2. The zero-order valence-corrected chi connectivity index (χ0v) is 13.2. The molecule has 2 aromatic rings. The minimum absolute atomic E-state index is 0.190. The molecule has 0 saturated heterocycles. The summed E-state index contributed by atoms with van der Waals surface area (Å²) in [5.41, 5.74) is 1.18. The van der Waals surface area contributed by atoms with Crippen molar-refractivity contribution in [3.63, 3.8) is 0 Å². The Labute approximate surface area is 125 Å². The van der Waals surface area contributed by atoms with Crippen LogP contribution in [0.4, 0.5) is 5.69 Å². The van der Waals surface area contributed by atoms with Crippen molar-refractivity contribution in [1.29, 1.82) is 0 Å². The van der Waals surface area contributed by atoms with Gasteiger partial charge in [0.2, 0.25) is 0 Å². The van der Waals surface area contributed by atoms with Crippen molar-refractivity contribution in [3.05, 3.63) is 57.5 Å². The van der Waals surface area contributed by atoms with E-state index in [0.717, 1.165) is 10.0 Å². The normalized spacial score (nSPS) is 11.3. The molecule has 0 aliphatic carbocycles. The smallest absolute Gasteiger partial charge is 0.261 e. The molecule has 0 aliphatic rings. The van der Waals surface area contributed by atoms with Gasteiger partial charge in [-0.25, -0.2) is 8.42 Å². The van der Waals surface area contributed by atoms with E-state index in [0.29, 0.717) is 10.7 Å². The number of para-hydroxylation sites is 1. The van der Waals surface area contributed by atoms with Crippen molar-refractivity contribution in [3.8, 4) is 0 Å². The van der Waals surface area contributed by atoms with Gasteiger partial charge in [0, 0.05) is 4.47 Å². The molecule has 2 rings (SSSR count). The molecule has 2 aromatic carbocycles. The van der Waals surface area contributed by atoms with Crippen LogP contribution in [0.1, 0.15) is 5.56 Å². The highest BCUT2D eigenvalue weighted by molar-refractivity contribution is 9.10. The maximum atomic E-state index is 12.2. The molecule has 0 atom stereocenters. The summed E-state index contributed by atoms with van der Waals surface area (Å²) in [6.45, 7) is 1.80. The Kier molecular flexibility index (Phi) is 4.18. The molecule has 0 spiro atoms. The molecule has 19 heavy (non-hydrogen) atoms. The van der Waals surface area contributed by atoms with E-state index >= 15 is 0 Å². The van der Waals surface area contributed by atoms with Gasteiger partial charge >= 0.3 is 0 Å². The summed E-state index contributed by atoms with van der Waals surface area (Å²) >= 11 is 9.28. The summed E-state index contributed by atoms with van der Waals surface area (Å²) in [6.07, 6.45) is 0. The van der Waals surface area contributed by atoms with E-state index in [9.17, 15) is 8.42 Å². The van der Waals surface area contributed by atoms with E-state index in [4.69, 9.17) is 11.6 Å². The van der Waals surface area contributed by atoms with Crippen LogP contribution in [-0.2, 0) is 10.0 Å². The quantitative estimate of drug-likeness (QED) is 0.891. The third-order valence-corrected chi connectivity index (χ3v) is 4.79. The van der Waals surface area contributed by atoms with Crippen LogP contribution in [-0.4, -0.2) is 8.42 Å². The number of hydrogen-bond donors (Lipinski definition) is 1. The molecule has 0 bridgehead atoms. The highest BCUT2D eigenvalue weighted by atomic mass is 79.9. The minimum atomic E-state index is -3.63. The fraction of sp³-hybridized carbons (Fsp3) is 0.0769. The molecular weight excluding hydrogens is 350 g/mol. The summed E-state index contributed by atoms with van der Waals surface area (Å²) in [7, 11) is -3.63. The van der Waals surface area contributed by atoms with Gasteiger partial charge in [-0.15, -0.1) is 0 Å². The minimum Gasteiger partial charge on any atom is -0.278 e. The van der Waals surface area contributed by atoms with E-state index in [2.05, 4.69) is 20.7 Å². The second-order valence-corrected chi connectivity index (χ2v) is 7.00. The van der Waals surface area contributed by atoms with Gasteiger partial charge in [0.15, 0.2) is 0 Å². The molecule has 0 aromatic heterocycles. The maximum absolute atomic E-state index is 12.2. The van der Waals surface area contributed by atoms with Crippen LogP contribution in [0.5, 0.6) is 0 Å². The molecule has 6 heteroatoms. The van der Waals surface area contributed by atoms with Gasteiger partial charge in [0.05, 0.1) is 15.6 Å². The number of anilines is 1. The standard InChI is InChI=1S/C13H11BrClNO2S/c1-9-3-2-4-12(15)13(9)16-19(17,18)11-7-5-10(14)6-8-11/h2-8,16H,1H3. The monoisotopic (exact) mass is 359 g/mol. The Morgan fingerprint density at radius 2 is 1.74 bits per heavy atom. The third kappa shape index (κ3) is 3.29. The maximum Gasteiger partial charge on any atom is 0.261 e. The lowest BCUT2D eigenvalue weighted by atomic mass is 10.2. The van der Waals surface area contributed by atoms with Crippen LogP contribution < -0.4 is 4.72 Å². The van der Waals surface area contributed by atoms with Crippen LogP contribution in [0.2, 0.25) is 5.02 Å². The highest BCUT2D eigenvalue weighted by Gasteiger charge is 2.16. The first kappa shape index (κ1) is 14.4. The van der Waals surface area contributed by atoms with E-state index in [1.54, 1.807) is 37.3 Å². The Bertz CT molecular complexity index is 679. The van der Waals surface area contributed by atoms with Gasteiger partial charge in [-0.2, -0.15) is 0 Å². The molecule has 0 heterocycles. The first-order valence-corrected chi connectivity index (χ1v) is 8.09. The number of aryl methyl sites for hydroxylation is 1. The molecular formula is C13H11BrClNO2S. The Morgan fingerprint density at radius 1 is 1.11 bits per heavy atom. The van der Waals surface area contributed by atoms with Gasteiger partial charge in [-0.3, -0.25) is 4.72 Å². The number of halogens is 2. The summed E-state index contributed by atoms with van der Waals surface area (Å²) in [5.74, 6) is 0. The number of hydrogen-bond acceptors (Lipinski definition) is 2. The second-order valence-electron chi connectivity index (χ2n) is 3.99. The number of sulfonamides is 1. The largest absolute Gasteiger partial charge is 0.278 e. The van der Waals surface area contributed by atoms with Crippen LogP contribution in [0.3, 0.4) is 0 Å². The lowest BCUT2D eigenvalue weighted by Crippen LogP contribution is -2.14. The van der Waals surface area contributed by atoms with Crippen molar-refractivity contribution in [1.82, 2.24) is 0 Å². The van der Waals surface area contributed by atoms with Crippen molar-refractivity contribution in [2.75, 3.05) is 4.72 Å². The summed E-state index contributed by atoms with van der Waals surface area (Å²) in [6, 6.07) is 11.6. The van der Waals surface area contributed by atoms with Crippen molar-refractivity contribution in [2.45, 2.75) is 11.8 Å². The molecule has 0 saturated carbocycles. The van der Waals surface area contributed by atoms with Crippen molar-refractivity contribution >= 4 is 43.2 Å². The molecule has 0 fully saturated rings. The van der Waals surface area contributed by atoms with Crippen molar-refractivity contribution in [2.24, 2.45) is 0 Å². The molecule has 100 valence electrons. The summed E-state index contributed by atoms with van der Waals surface area (Å²) in [4.78, 5) is 0.190. The lowest BCUT2D eigenvalue weighted by molar-refractivity contribution is 0.601. The average molecular weight is 361 g/mol. The van der Waals surface area contributed by atoms with E-state index in [1.807, 2.05) is 0 Å². The Balaban J connectivity index is 2.39. The SMILES string of the molecule is Cc1cccc(Cl)c1NS(=O)(=O)c1ccc(Br)cc1. The Hall–Kier alpha value is -1.04. The zero-order chi connectivity index (χ0) is 14.0. The van der Waals surface area contributed by atoms with E-state index in [1.165, 1.54) is 12.1 Å². The topological polar surface area (TPSA) is 46.2 Å². The summed E-state index contributed by atoms with van der Waals surface area (Å²) in [5, 5.41) is 0.376. The van der Waals surface area contributed by atoms with Gasteiger partial charge < -0.3 is 0 Å². The summed E-state index contributed by atoms with van der Waals surface area (Å²) < 4.78 is 27.8. The Morgan fingerprint density at radius 3 is 2.32 bits per heavy atom. The third-order valence-electron chi connectivity index (χ3n) is 2.58. The lowest BCUT2D eigenvalue weighted by Gasteiger charge is -2.12. The molecule has 0 aliphatic heterocycles. The van der Waals surface area contributed by atoms with Crippen LogP contribution in [0.15, 0.2) is 51.8 Å². The number of rotatable bonds is 3. The van der Waals surface area contributed by atoms with Gasteiger partial charge in [-0.05, 0) is 42.8 Å². The molecule has 0 unspecified atom stereocenters. The van der Waals surface area contributed by atoms with Crippen LogP contribution in [0.25, 0.3) is 0 Å². The molecule has 0 radical (unpaired) electrons. The van der Waals surface area contributed by atoms with Gasteiger partial charge in [0.1, 0.15) is 0 Å². The van der Waals surface area contributed by atoms with Crippen LogP contribution >= 0.6 is 27.5 Å². The first-order chi connectivity index (χ1) is 8.90.